The van der Waals surface area contributed by atoms with Gasteiger partial charge in [0.15, 0.2) is 11.4 Å². The zero-order valence-corrected chi connectivity index (χ0v) is 16.5. The molecule has 1 aromatic carbocycles. The van der Waals surface area contributed by atoms with Gasteiger partial charge < -0.3 is 15.4 Å². The number of rotatable bonds is 5. The second-order valence-corrected chi connectivity index (χ2v) is 7.86. The number of nitrogens with zero attached hydrogens (tertiary/aromatic N) is 3. The molecule has 6 nitrogen and oxygen atoms in total. The maximum absolute atomic E-state index is 13.2. The second kappa shape index (κ2) is 7.89. The van der Waals surface area contributed by atoms with Crippen LogP contribution in [0, 0.1) is 18.8 Å². The van der Waals surface area contributed by atoms with Crippen LogP contribution in [-0.2, 0) is 0 Å². The number of carbonyl (C=O) groups is 1. The van der Waals surface area contributed by atoms with Gasteiger partial charge in [-0.2, -0.15) is 0 Å². The molecule has 0 saturated carbocycles. The lowest BCUT2D eigenvalue weighted by Crippen LogP contribution is -2.34. The zero-order chi connectivity index (χ0) is 19.7. The van der Waals surface area contributed by atoms with Gasteiger partial charge in [-0.25, -0.2) is 4.98 Å². The van der Waals surface area contributed by atoms with E-state index < -0.39 is 0 Å². The second-order valence-electron chi connectivity index (χ2n) is 7.86. The van der Waals surface area contributed by atoms with Crippen molar-refractivity contribution in [2.24, 2.45) is 17.6 Å². The summed E-state index contributed by atoms with van der Waals surface area (Å²) in [5.41, 5.74) is 8.61. The van der Waals surface area contributed by atoms with Gasteiger partial charge in [-0.05, 0) is 43.1 Å². The van der Waals surface area contributed by atoms with E-state index in [1.807, 2.05) is 4.90 Å². The maximum atomic E-state index is 13.2. The minimum Gasteiger partial charge on any atom is -0.490 e. The fourth-order valence-electron chi connectivity index (χ4n) is 4.80. The summed E-state index contributed by atoms with van der Waals surface area (Å²) in [5.74, 6) is 1.39. The minimum atomic E-state index is -0.0480. The fourth-order valence-corrected chi connectivity index (χ4v) is 4.80. The molecule has 2 aromatic rings. The number of ether oxygens (including phenoxy) is 1. The highest BCUT2D eigenvalue weighted by atomic mass is 16.5. The van der Waals surface area contributed by atoms with Crippen molar-refractivity contribution in [1.29, 1.82) is 0 Å². The van der Waals surface area contributed by atoms with Crippen molar-refractivity contribution in [3.8, 4) is 5.75 Å². The Morgan fingerprint density at radius 2 is 2.04 bits per heavy atom. The summed E-state index contributed by atoms with van der Waals surface area (Å²) in [6.07, 6.45) is 1.64. The zero-order valence-electron chi connectivity index (χ0n) is 16.5. The molecule has 0 unspecified atom stereocenters. The van der Waals surface area contributed by atoms with Crippen molar-refractivity contribution >= 4 is 5.91 Å². The van der Waals surface area contributed by atoms with Gasteiger partial charge >= 0.3 is 0 Å². The summed E-state index contributed by atoms with van der Waals surface area (Å²) >= 11 is 0. The Hall–Kier alpha value is -2.44. The Bertz CT molecular complexity index is 856. The number of pyridine rings is 1. The van der Waals surface area contributed by atoms with Gasteiger partial charge in [0.05, 0.1) is 0 Å². The molecule has 1 amide bonds. The van der Waals surface area contributed by atoms with Crippen LogP contribution in [0.1, 0.15) is 27.7 Å². The van der Waals surface area contributed by atoms with Crippen molar-refractivity contribution < 1.29 is 9.53 Å². The minimum absolute atomic E-state index is 0.0480. The number of hydrogen-bond donors (Lipinski definition) is 1. The molecular formula is C22H28N4O2. The third kappa shape index (κ3) is 3.38. The summed E-state index contributed by atoms with van der Waals surface area (Å²) in [7, 11) is 2.19. The predicted octanol–water partition coefficient (Wildman–Crippen LogP) is 2.10. The Kier molecular flexibility index (Phi) is 5.33. The van der Waals surface area contributed by atoms with Crippen LogP contribution in [0.3, 0.4) is 0 Å². The van der Waals surface area contributed by atoms with Crippen LogP contribution in [0.2, 0.25) is 0 Å². The van der Waals surface area contributed by atoms with E-state index in [1.165, 1.54) is 11.1 Å². The summed E-state index contributed by atoms with van der Waals surface area (Å²) in [5, 5.41) is 0. The van der Waals surface area contributed by atoms with Gasteiger partial charge in [-0.3, -0.25) is 9.69 Å². The number of aryl methyl sites for hydroxylation is 1. The van der Waals surface area contributed by atoms with Crippen molar-refractivity contribution in [3.05, 3.63) is 59.4 Å². The molecule has 0 spiro atoms. The van der Waals surface area contributed by atoms with Gasteiger partial charge in [0.25, 0.3) is 5.91 Å². The number of aromatic nitrogens is 1. The van der Waals surface area contributed by atoms with Crippen LogP contribution in [-0.4, -0.2) is 60.5 Å². The summed E-state index contributed by atoms with van der Waals surface area (Å²) in [6, 6.07) is 12.5. The third-order valence-corrected chi connectivity index (χ3v) is 6.04. The van der Waals surface area contributed by atoms with Gasteiger partial charge in [-0.1, -0.05) is 24.3 Å². The number of likely N-dealkylation sites (tertiary alicyclic amines) is 2. The van der Waals surface area contributed by atoms with Crippen molar-refractivity contribution in [3.63, 3.8) is 0 Å². The first-order valence-corrected chi connectivity index (χ1v) is 9.93. The Morgan fingerprint density at radius 1 is 1.21 bits per heavy atom. The van der Waals surface area contributed by atoms with Crippen LogP contribution in [0.25, 0.3) is 0 Å². The molecule has 4 rings (SSSR count). The molecular weight excluding hydrogens is 352 g/mol. The molecule has 3 heterocycles. The van der Waals surface area contributed by atoms with E-state index in [0.29, 0.717) is 42.5 Å². The molecule has 2 aliphatic heterocycles. The monoisotopic (exact) mass is 380 g/mol. The quantitative estimate of drug-likeness (QED) is 0.860. The molecule has 1 aromatic heterocycles. The van der Waals surface area contributed by atoms with E-state index in [9.17, 15) is 4.79 Å². The van der Waals surface area contributed by atoms with E-state index in [1.54, 1.807) is 18.3 Å². The number of carbonyl (C=O) groups excluding carboxylic acids is 1. The molecule has 2 saturated heterocycles. The number of hydrogen-bond acceptors (Lipinski definition) is 5. The van der Waals surface area contributed by atoms with Gasteiger partial charge in [0.2, 0.25) is 0 Å². The SMILES string of the molecule is Cc1ccccc1[C@H]1[C@@H]2CN(C(=O)c3ncccc3OCCN)C[C@@H]2CN1C. The Morgan fingerprint density at radius 3 is 2.82 bits per heavy atom. The summed E-state index contributed by atoms with van der Waals surface area (Å²) < 4.78 is 5.64. The van der Waals surface area contributed by atoms with E-state index in [2.05, 4.69) is 48.1 Å². The number of benzene rings is 1. The number of amides is 1. The first kappa shape index (κ1) is 18.9. The normalized spacial score (nSPS) is 24.4. The van der Waals surface area contributed by atoms with Crippen molar-refractivity contribution in [2.75, 3.05) is 39.8 Å². The van der Waals surface area contributed by atoms with Crippen LogP contribution in [0.5, 0.6) is 5.75 Å². The molecule has 2 N–H and O–H groups in total. The van der Waals surface area contributed by atoms with Crippen LogP contribution in [0.15, 0.2) is 42.6 Å². The van der Waals surface area contributed by atoms with Crippen LogP contribution < -0.4 is 10.5 Å². The lowest BCUT2D eigenvalue weighted by molar-refractivity contribution is 0.0757. The van der Waals surface area contributed by atoms with Crippen molar-refractivity contribution in [1.82, 2.24) is 14.8 Å². The molecule has 0 aliphatic carbocycles. The predicted molar refractivity (Wildman–Crippen MR) is 108 cm³/mol. The highest BCUT2D eigenvalue weighted by Crippen LogP contribution is 2.45. The lowest BCUT2D eigenvalue weighted by atomic mass is 9.88. The van der Waals surface area contributed by atoms with Gasteiger partial charge in [-0.15, -0.1) is 0 Å². The third-order valence-electron chi connectivity index (χ3n) is 6.04. The molecule has 0 radical (unpaired) electrons. The van der Waals surface area contributed by atoms with E-state index in [0.717, 1.165) is 19.6 Å². The molecule has 2 aliphatic rings. The standard InChI is InChI=1S/C22H28N4O2/c1-15-6-3-4-7-17(15)21-18-14-26(13-16(18)12-25(21)2)22(27)20-19(28-11-9-23)8-5-10-24-20/h3-8,10,16,18,21H,9,11-14,23H2,1-2H3/t16-,18+,21-/m0/s1. The van der Waals surface area contributed by atoms with Gasteiger partial charge in [0, 0.05) is 44.3 Å². The highest BCUT2D eigenvalue weighted by Gasteiger charge is 2.48. The summed E-state index contributed by atoms with van der Waals surface area (Å²) in [6.45, 7) is 5.47. The molecule has 0 bridgehead atoms. The maximum Gasteiger partial charge on any atom is 0.276 e. The average molecular weight is 380 g/mol. The highest BCUT2D eigenvalue weighted by molar-refractivity contribution is 5.95. The average Bonchev–Trinajstić information content (AvgIpc) is 3.23. The Labute approximate surface area is 166 Å². The number of nitrogens with two attached hydrogens (primary N) is 1. The molecule has 6 heteroatoms. The van der Waals surface area contributed by atoms with E-state index in [4.69, 9.17) is 10.5 Å². The topological polar surface area (TPSA) is 71.7 Å². The fraction of sp³-hybridized carbons (Fsp3) is 0.455. The Balaban J connectivity index is 1.55. The largest absolute Gasteiger partial charge is 0.490 e. The summed E-state index contributed by atoms with van der Waals surface area (Å²) in [4.78, 5) is 21.9. The molecule has 2 fully saturated rings. The first-order chi connectivity index (χ1) is 13.6. The smallest absolute Gasteiger partial charge is 0.276 e. The molecule has 28 heavy (non-hydrogen) atoms. The van der Waals surface area contributed by atoms with Crippen LogP contribution in [0.4, 0.5) is 0 Å². The first-order valence-electron chi connectivity index (χ1n) is 9.93. The van der Waals surface area contributed by atoms with Crippen LogP contribution >= 0.6 is 0 Å². The van der Waals surface area contributed by atoms with E-state index in [-0.39, 0.29) is 5.91 Å². The lowest BCUT2D eigenvalue weighted by Gasteiger charge is -2.28. The van der Waals surface area contributed by atoms with Gasteiger partial charge in [0.1, 0.15) is 6.61 Å². The van der Waals surface area contributed by atoms with Crippen molar-refractivity contribution in [2.45, 2.75) is 13.0 Å². The molecule has 3 atom stereocenters. The number of fused-ring (bicyclic) bond motifs is 1. The molecule has 148 valence electrons. The van der Waals surface area contributed by atoms with E-state index >= 15 is 0 Å².